The molecule has 7 nitrogen and oxygen atoms in total. The van der Waals surface area contributed by atoms with Gasteiger partial charge in [-0.2, -0.15) is 8.42 Å². The molecule has 0 amide bonds. The Labute approximate surface area is 170 Å². The highest BCUT2D eigenvalue weighted by Gasteiger charge is 2.67. The molecule has 4 N–H and O–H groups in total. The maximum atomic E-state index is 11.6. The third-order valence-corrected chi connectivity index (χ3v) is 6.15. The van der Waals surface area contributed by atoms with E-state index >= 15 is 0 Å². The van der Waals surface area contributed by atoms with Crippen LogP contribution in [0.4, 0.5) is 0 Å². The molecular weight excluding hydrogens is 382 g/mol. The monoisotopic (exact) mass is 421 g/mol. The minimum absolute atomic E-state index is 0.644. The van der Waals surface area contributed by atoms with Crippen LogP contribution in [0.5, 0.6) is 0 Å². The van der Waals surface area contributed by atoms with Crippen LogP contribution >= 0.6 is 0 Å². The molecule has 0 aliphatic carbocycles. The Balaban J connectivity index is 2.29. The summed E-state index contributed by atoms with van der Waals surface area (Å²) in [6, 6.07) is 0. The minimum Gasteiger partial charge on any atom is -0.386 e. The van der Waals surface area contributed by atoms with Crippen molar-refractivity contribution in [2.75, 3.05) is 0 Å². The molecule has 0 saturated carbocycles. The Morgan fingerprint density at radius 3 is 1.86 bits per heavy atom. The van der Waals surface area contributed by atoms with Gasteiger partial charge < -0.3 is 10.2 Å². The molecule has 0 bridgehead atoms. The zero-order chi connectivity index (χ0) is 21.3. The van der Waals surface area contributed by atoms with Crippen molar-refractivity contribution in [2.24, 2.45) is 5.73 Å². The van der Waals surface area contributed by atoms with Gasteiger partial charge >= 0.3 is 10.4 Å². The first kappa shape index (κ1) is 25.5. The summed E-state index contributed by atoms with van der Waals surface area (Å²) in [6.45, 7) is 4.73. The zero-order valence-corrected chi connectivity index (χ0v) is 18.5. The van der Waals surface area contributed by atoms with Crippen LogP contribution in [0, 0.1) is 0 Å². The van der Waals surface area contributed by atoms with Gasteiger partial charge in [-0.25, -0.2) is 8.37 Å². The summed E-state index contributed by atoms with van der Waals surface area (Å²) in [4.78, 5) is 0. The number of nitrogens with two attached hydrogens (primary N) is 1. The number of hydrogen-bond donors (Lipinski definition) is 3. The van der Waals surface area contributed by atoms with E-state index in [4.69, 9.17) is 5.73 Å². The molecule has 1 heterocycles. The van der Waals surface area contributed by atoms with Gasteiger partial charge in [0, 0.05) is 0 Å². The summed E-state index contributed by atoms with van der Waals surface area (Å²) in [7, 11) is -4.50. The van der Waals surface area contributed by atoms with Gasteiger partial charge in [0.05, 0.1) is 0 Å². The highest BCUT2D eigenvalue weighted by molar-refractivity contribution is 7.82. The highest BCUT2D eigenvalue weighted by atomic mass is 32.3. The fourth-order valence-electron chi connectivity index (χ4n) is 3.32. The van der Waals surface area contributed by atoms with Crippen molar-refractivity contribution < 1.29 is 27.0 Å². The van der Waals surface area contributed by atoms with E-state index in [1.807, 2.05) is 0 Å². The third kappa shape index (κ3) is 7.39. The number of rotatable bonds is 14. The van der Waals surface area contributed by atoms with E-state index in [-0.39, 0.29) is 0 Å². The Morgan fingerprint density at radius 2 is 1.39 bits per heavy atom. The van der Waals surface area contributed by atoms with Crippen molar-refractivity contribution in [2.45, 2.75) is 115 Å². The van der Waals surface area contributed by atoms with E-state index in [0.717, 1.165) is 25.3 Å². The summed E-state index contributed by atoms with van der Waals surface area (Å²) < 4.78 is 32.5. The maximum Gasteiger partial charge on any atom is 0.405 e. The fraction of sp³-hybridized carbons (Fsp3) is 0.900. The molecule has 1 rings (SSSR count). The van der Waals surface area contributed by atoms with E-state index in [9.17, 15) is 18.6 Å². The van der Waals surface area contributed by atoms with Gasteiger partial charge in [-0.1, -0.05) is 77.2 Å². The zero-order valence-electron chi connectivity index (χ0n) is 17.7. The van der Waals surface area contributed by atoms with Crippen molar-refractivity contribution in [3.63, 3.8) is 0 Å². The fourth-order valence-corrected chi connectivity index (χ4v) is 4.49. The number of aliphatic hydroxyl groups is 2. The molecular formula is C20H39NO6S. The number of allylic oxidation sites excluding steroid dienone is 1. The first-order valence-corrected chi connectivity index (χ1v) is 11.9. The molecule has 0 aromatic heterocycles. The lowest BCUT2D eigenvalue weighted by Crippen LogP contribution is -2.69. The topological polar surface area (TPSA) is 119 Å². The molecule has 2 atom stereocenters. The van der Waals surface area contributed by atoms with Gasteiger partial charge in [-0.05, 0) is 32.8 Å². The van der Waals surface area contributed by atoms with Crippen molar-refractivity contribution in [3.8, 4) is 0 Å². The molecule has 0 aromatic rings. The Kier molecular flexibility index (Phi) is 10.1. The number of hydrogen-bond acceptors (Lipinski definition) is 7. The van der Waals surface area contributed by atoms with E-state index in [0.29, 0.717) is 6.42 Å². The van der Waals surface area contributed by atoms with E-state index in [1.165, 1.54) is 65.2 Å². The lowest BCUT2D eigenvalue weighted by molar-refractivity contribution is -0.230. The molecule has 0 radical (unpaired) electrons. The predicted octanol–water partition coefficient (Wildman–Crippen LogP) is 3.65. The smallest absolute Gasteiger partial charge is 0.386 e. The minimum atomic E-state index is -4.50. The average Bonchev–Trinajstić information content (AvgIpc) is 2.77. The Bertz CT molecular complexity index is 586. The molecule has 1 saturated heterocycles. The molecule has 166 valence electrons. The summed E-state index contributed by atoms with van der Waals surface area (Å²) in [5, 5.41) is 20.7. The molecule has 0 spiro atoms. The molecule has 1 aliphatic heterocycles. The highest BCUT2D eigenvalue weighted by Crippen LogP contribution is 2.42. The summed E-state index contributed by atoms with van der Waals surface area (Å²) in [5.74, 6) is -2.46. The largest absolute Gasteiger partial charge is 0.405 e. The second kappa shape index (κ2) is 11.0. The van der Waals surface area contributed by atoms with Gasteiger partial charge in [0.25, 0.3) is 5.79 Å². The van der Waals surface area contributed by atoms with Crippen LogP contribution < -0.4 is 5.73 Å². The quantitative estimate of drug-likeness (QED) is 0.289. The third-order valence-electron chi connectivity index (χ3n) is 5.22. The average molecular weight is 422 g/mol. The van der Waals surface area contributed by atoms with Crippen molar-refractivity contribution in [1.29, 1.82) is 0 Å². The Hall–Kier alpha value is -0.510. The van der Waals surface area contributed by atoms with Crippen LogP contribution in [0.25, 0.3) is 0 Å². The Morgan fingerprint density at radius 1 is 0.929 bits per heavy atom. The first-order chi connectivity index (χ1) is 13.0. The summed E-state index contributed by atoms with van der Waals surface area (Å²) in [6.07, 6.45) is 17.0. The normalized spacial score (nSPS) is 27.6. The predicted molar refractivity (Wildman–Crippen MR) is 109 cm³/mol. The molecule has 1 aliphatic rings. The van der Waals surface area contributed by atoms with Gasteiger partial charge in [-0.15, -0.1) is 0 Å². The van der Waals surface area contributed by atoms with Crippen LogP contribution in [0.2, 0.25) is 0 Å². The molecule has 0 aromatic carbocycles. The SMILES string of the molecule is CCCCCCCCCCCCC/C=C/[C@@]1(O)OS(=O)(=O)O[C@@]1(N)C(C)(C)O. The van der Waals surface area contributed by atoms with Gasteiger partial charge in [0.15, 0.2) is 0 Å². The van der Waals surface area contributed by atoms with E-state index in [2.05, 4.69) is 15.3 Å². The summed E-state index contributed by atoms with van der Waals surface area (Å²) in [5.41, 5.74) is 1.68. The number of unbranched alkanes of at least 4 members (excludes halogenated alkanes) is 11. The van der Waals surface area contributed by atoms with Crippen molar-refractivity contribution in [3.05, 3.63) is 12.2 Å². The molecule has 8 heteroatoms. The van der Waals surface area contributed by atoms with Gasteiger partial charge in [-0.3, -0.25) is 5.73 Å². The van der Waals surface area contributed by atoms with E-state index < -0.39 is 27.5 Å². The van der Waals surface area contributed by atoms with Gasteiger partial charge in [0.1, 0.15) is 5.60 Å². The maximum absolute atomic E-state index is 11.6. The second-order valence-corrected chi connectivity index (χ2v) is 9.44. The van der Waals surface area contributed by atoms with Crippen LogP contribution in [-0.4, -0.2) is 35.7 Å². The molecule has 1 fully saturated rings. The van der Waals surface area contributed by atoms with Crippen LogP contribution in [-0.2, 0) is 18.8 Å². The molecule has 28 heavy (non-hydrogen) atoms. The molecule has 0 unspecified atom stereocenters. The van der Waals surface area contributed by atoms with Crippen LogP contribution in [0.1, 0.15) is 97.8 Å². The van der Waals surface area contributed by atoms with Crippen LogP contribution in [0.15, 0.2) is 12.2 Å². The standard InChI is InChI=1S/C20H39NO6S/c1-4-5-6-7-8-9-10-11-12-13-14-15-16-17-19(23)20(21,18(2,3)22)27-28(24,25)26-19/h16-17,22-23H,4-15,21H2,1-3H3/b17-16+/t19-,20+/m1/s1. The van der Waals surface area contributed by atoms with Gasteiger partial charge in [0.2, 0.25) is 5.72 Å². The second-order valence-electron chi connectivity index (χ2n) is 8.29. The van der Waals surface area contributed by atoms with Crippen molar-refractivity contribution >= 4 is 10.4 Å². The lowest BCUT2D eigenvalue weighted by atomic mass is 9.87. The summed E-state index contributed by atoms with van der Waals surface area (Å²) >= 11 is 0. The lowest BCUT2D eigenvalue weighted by Gasteiger charge is -2.39. The first-order valence-electron chi connectivity index (χ1n) is 10.5. The van der Waals surface area contributed by atoms with Crippen molar-refractivity contribution in [1.82, 2.24) is 0 Å². The van der Waals surface area contributed by atoms with Crippen LogP contribution in [0.3, 0.4) is 0 Å². The van der Waals surface area contributed by atoms with E-state index in [1.54, 1.807) is 6.08 Å².